The monoisotopic (exact) mass is 349 g/mol. The first-order valence-corrected chi connectivity index (χ1v) is 8.19. The highest BCUT2D eigenvalue weighted by atomic mass is 16.5. The predicted octanol–water partition coefficient (Wildman–Crippen LogP) is 3.28. The van der Waals surface area contributed by atoms with E-state index in [1.54, 1.807) is 22.9 Å². The van der Waals surface area contributed by atoms with Crippen LogP contribution in [0.25, 0.3) is 5.69 Å². The summed E-state index contributed by atoms with van der Waals surface area (Å²) in [6.07, 6.45) is 0. The molecule has 1 N–H and O–H groups in total. The van der Waals surface area contributed by atoms with E-state index in [4.69, 9.17) is 4.74 Å². The van der Waals surface area contributed by atoms with Crippen molar-refractivity contribution in [3.8, 4) is 5.69 Å². The van der Waals surface area contributed by atoms with Crippen molar-refractivity contribution >= 4 is 17.7 Å². The molecule has 0 atom stereocenters. The number of rotatable bonds is 5. The van der Waals surface area contributed by atoms with Gasteiger partial charge in [-0.2, -0.15) is 5.10 Å². The molecule has 1 amide bonds. The molecular weight excluding hydrogens is 330 g/mol. The van der Waals surface area contributed by atoms with Crippen molar-refractivity contribution in [3.05, 3.63) is 77.5 Å². The molecule has 6 nitrogen and oxygen atoms in total. The van der Waals surface area contributed by atoms with Gasteiger partial charge in [0.2, 0.25) is 0 Å². The van der Waals surface area contributed by atoms with Crippen LogP contribution in [0.1, 0.15) is 21.6 Å². The number of ether oxygens (including phenoxy) is 1. The van der Waals surface area contributed by atoms with Crippen molar-refractivity contribution in [1.82, 2.24) is 9.78 Å². The second-order valence-electron chi connectivity index (χ2n) is 5.86. The maximum atomic E-state index is 12.2. The van der Waals surface area contributed by atoms with E-state index >= 15 is 0 Å². The summed E-state index contributed by atoms with van der Waals surface area (Å²) in [6, 6.07) is 18.3. The zero-order valence-electron chi connectivity index (χ0n) is 14.6. The molecule has 26 heavy (non-hydrogen) atoms. The number of anilines is 1. The highest BCUT2D eigenvalue weighted by Crippen LogP contribution is 2.17. The Hall–Kier alpha value is -3.41. The minimum Gasteiger partial charge on any atom is -0.452 e. The minimum absolute atomic E-state index is 0.369. The van der Waals surface area contributed by atoms with Crippen molar-refractivity contribution in [1.29, 1.82) is 0 Å². The van der Waals surface area contributed by atoms with E-state index in [2.05, 4.69) is 10.4 Å². The van der Waals surface area contributed by atoms with Gasteiger partial charge in [-0.05, 0) is 37.6 Å². The van der Waals surface area contributed by atoms with E-state index in [1.807, 2.05) is 56.3 Å². The minimum atomic E-state index is -0.522. The highest BCUT2D eigenvalue weighted by molar-refractivity contribution is 5.95. The Balaban J connectivity index is 1.66. The lowest BCUT2D eigenvalue weighted by Gasteiger charge is -2.10. The molecular formula is C20H19N3O3. The summed E-state index contributed by atoms with van der Waals surface area (Å²) >= 11 is 0. The van der Waals surface area contributed by atoms with Gasteiger partial charge in [-0.25, -0.2) is 9.48 Å². The molecule has 6 heteroatoms. The van der Waals surface area contributed by atoms with Crippen LogP contribution < -0.4 is 5.32 Å². The van der Waals surface area contributed by atoms with Gasteiger partial charge in [0.05, 0.1) is 16.9 Å². The second-order valence-corrected chi connectivity index (χ2v) is 5.86. The molecule has 0 saturated carbocycles. The van der Waals surface area contributed by atoms with Gasteiger partial charge in [0, 0.05) is 6.07 Å². The first kappa shape index (κ1) is 17.4. The van der Waals surface area contributed by atoms with Crippen LogP contribution in [0, 0.1) is 13.8 Å². The molecule has 0 radical (unpaired) electrons. The normalized spacial score (nSPS) is 10.4. The topological polar surface area (TPSA) is 73.2 Å². The third-order valence-corrected chi connectivity index (χ3v) is 3.80. The second kappa shape index (κ2) is 7.65. The molecule has 0 aliphatic carbocycles. The molecule has 1 aromatic heterocycles. The van der Waals surface area contributed by atoms with Crippen molar-refractivity contribution in [3.63, 3.8) is 0 Å². The lowest BCUT2D eigenvalue weighted by molar-refractivity contribution is -0.119. The Bertz CT molecular complexity index is 932. The summed E-state index contributed by atoms with van der Waals surface area (Å²) in [5, 5.41) is 7.12. The summed E-state index contributed by atoms with van der Waals surface area (Å²) in [6.45, 7) is 3.29. The van der Waals surface area contributed by atoms with Crippen molar-refractivity contribution in [2.75, 3.05) is 11.9 Å². The van der Waals surface area contributed by atoms with Crippen LogP contribution >= 0.6 is 0 Å². The fourth-order valence-electron chi connectivity index (χ4n) is 2.54. The van der Waals surface area contributed by atoms with E-state index in [9.17, 15) is 9.59 Å². The Morgan fingerprint density at radius 2 is 1.73 bits per heavy atom. The number of nitrogens with zero attached hydrogens (tertiary/aromatic N) is 2. The first-order valence-electron chi connectivity index (χ1n) is 8.19. The molecule has 0 unspecified atom stereocenters. The molecule has 0 bridgehead atoms. The van der Waals surface area contributed by atoms with Crippen LogP contribution in [0.2, 0.25) is 0 Å². The van der Waals surface area contributed by atoms with Crippen LogP contribution in [-0.2, 0) is 9.53 Å². The number of esters is 1. The maximum Gasteiger partial charge on any atom is 0.338 e. The maximum absolute atomic E-state index is 12.2. The Kier molecular flexibility index (Phi) is 5.12. The molecule has 3 rings (SSSR count). The number of aryl methyl sites for hydroxylation is 2. The van der Waals surface area contributed by atoms with E-state index in [-0.39, 0.29) is 6.61 Å². The number of para-hydroxylation sites is 1. The summed E-state index contributed by atoms with van der Waals surface area (Å²) in [7, 11) is 0. The van der Waals surface area contributed by atoms with Crippen LogP contribution in [0.3, 0.4) is 0 Å². The number of hydrogen-bond donors (Lipinski definition) is 1. The van der Waals surface area contributed by atoms with Gasteiger partial charge in [-0.1, -0.05) is 36.4 Å². The summed E-state index contributed by atoms with van der Waals surface area (Å²) in [4.78, 5) is 24.3. The Labute approximate surface area is 151 Å². The Morgan fingerprint density at radius 3 is 2.46 bits per heavy atom. The lowest BCUT2D eigenvalue weighted by Crippen LogP contribution is -2.22. The van der Waals surface area contributed by atoms with Crippen LogP contribution in [-0.4, -0.2) is 28.3 Å². The molecule has 0 aliphatic heterocycles. The number of aromatic nitrogens is 2. The van der Waals surface area contributed by atoms with Gasteiger partial charge in [-0.3, -0.25) is 4.79 Å². The van der Waals surface area contributed by atoms with Gasteiger partial charge < -0.3 is 10.1 Å². The molecule has 3 aromatic rings. The summed E-state index contributed by atoms with van der Waals surface area (Å²) < 4.78 is 6.75. The molecule has 0 fully saturated rings. The number of carbonyl (C=O) groups is 2. The number of benzene rings is 2. The number of amides is 1. The lowest BCUT2D eigenvalue weighted by atomic mass is 10.1. The van der Waals surface area contributed by atoms with Gasteiger partial charge in [0.25, 0.3) is 5.91 Å². The molecule has 0 aliphatic rings. The largest absolute Gasteiger partial charge is 0.452 e. The van der Waals surface area contributed by atoms with Gasteiger partial charge in [-0.15, -0.1) is 0 Å². The molecule has 1 heterocycles. The van der Waals surface area contributed by atoms with E-state index < -0.39 is 11.9 Å². The third-order valence-electron chi connectivity index (χ3n) is 3.80. The number of nitrogens with one attached hydrogen (secondary N) is 1. The van der Waals surface area contributed by atoms with Crippen molar-refractivity contribution < 1.29 is 14.3 Å². The molecule has 132 valence electrons. The van der Waals surface area contributed by atoms with E-state index in [1.165, 1.54) is 0 Å². The molecule has 0 saturated heterocycles. The fourth-order valence-corrected chi connectivity index (χ4v) is 2.54. The van der Waals surface area contributed by atoms with Crippen molar-refractivity contribution in [2.24, 2.45) is 0 Å². The first-order chi connectivity index (χ1) is 12.5. The number of hydrogen-bond acceptors (Lipinski definition) is 4. The average molecular weight is 349 g/mol. The van der Waals surface area contributed by atoms with Crippen LogP contribution in [0.5, 0.6) is 0 Å². The highest BCUT2D eigenvalue weighted by Gasteiger charge is 2.14. The van der Waals surface area contributed by atoms with Crippen LogP contribution in [0.4, 0.5) is 5.82 Å². The molecule has 2 aromatic carbocycles. The average Bonchev–Trinajstić information content (AvgIpc) is 3.01. The SMILES string of the molecule is Cc1cc(NC(=O)COC(=O)c2ccccc2C)n(-c2ccccc2)n1. The number of carbonyl (C=O) groups excluding carboxylic acids is 2. The summed E-state index contributed by atoms with van der Waals surface area (Å²) in [5.74, 6) is -0.430. The van der Waals surface area contributed by atoms with Gasteiger partial charge in [0.1, 0.15) is 5.82 Å². The van der Waals surface area contributed by atoms with Gasteiger partial charge >= 0.3 is 5.97 Å². The van der Waals surface area contributed by atoms with Gasteiger partial charge in [0.15, 0.2) is 6.61 Å². The smallest absolute Gasteiger partial charge is 0.338 e. The predicted molar refractivity (Wildman–Crippen MR) is 98.4 cm³/mol. The summed E-state index contributed by atoms with van der Waals surface area (Å²) in [5.41, 5.74) is 2.84. The zero-order chi connectivity index (χ0) is 18.5. The quantitative estimate of drug-likeness (QED) is 0.718. The van der Waals surface area contributed by atoms with E-state index in [0.29, 0.717) is 11.4 Å². The third kappa shape index (κ3) is 3.97. The zero-order valence-corrected chi connectivity index (χ0v) is 14.6. The van der Waals surface area contributed by atoms with E-state index in [0.717, 1.165) is 16.9 Å². The fraction of sp³-hybridized carbons (Fsp3) is 0.150. The Morgan fingerprint density at radius 1 is 1.04 bits per heavy atom. The standard InChI is InChI=1S/C20H19N3O3/c1-14-8-6-7-11-17(14)20(25)26-13-19(24)21-18-12-15(2)22-23(18)16-9-4-3-5-10-16/h3-12H,13H2,1-2H3,(H,21,24). The van der Waals surface area contributed by atoms with Crippen molar-refractivity contribution in [2.45, 2.75) is 13.8 Å². The van der Waals surface area contributed by atoms with Crippen LogP contribution in [0.15, 0.2) is 60.7 Å². The molecule has 0 spiro atoms.